The summed E-state index contributed by atoms with van der Waals surface area (Å²) in [5.74, 6) is -10.9. The van der Waals surface area contributed by atoms with Crippen LogP contribution in [0.2, 0.25) is 0 Å². The predicted molar refractivity (Wildman–Crippen MR) is 196 cm³/mol. The molecule has 2 aliphatic heterocycles. The first-order chi connectivity index (χ1) is 28.0. The summed E-state index contributed by atoms with van der Waals surface area (Å²) in [6.45, 7) is 5.11. The fraction of sp³-hybridized carbons (Fsp3) is 0.537. The van der Waals surface area contributed by atoms with E-state index in [-0.39, 0.29) is 23.2 Å². The van der Waals surface area contributed by atoms with Gasteiger partial charge in [-0.05, 0) is 57.9 Å². The summed E-state index contributed by atoms with van der Waals surface area (Å²) >= 11 is 0. The van der Waals surface area contributed by atoms with Crippen molar-refractivity contribution in [1.82, 2.24) is 4.98 Å². The Kier molecular flexibility index (Phi) is 11.4. The minimum absolute atomic E-state index is 0.0831. The molecule has 6 rings (SSSR count). The Hall–Kier alpha value is -5.79. The summed E-state index contributed by atoms with van der Waals surface area (Å²) in [5.41, 5.74) is -13.4. The third-order valence-electron chi connectivity index (χ3n) is 11.6. The first-order valence-electron chi connectivity index (χ1n) is 19.0. The molecule has 19 nitrogen and oxygen atoms in total. The third-order valence-corrected chi connectivity index (χ3v) is 11.6. The standard InChI is InChI=1S/C41H45NO18/c1-20(43)53-19-40-31(56-22(3)45)28(47)27-30(55-21(2)44)41(40)39(7,52)32(29(33(40)57-23(4)46)58-34(48)24-12-9-8-10-13-24)59-36(50)37(5,51)16-15-26-25(14-11-17-42-26)35(49)54-18-38(27,6)60-41/h8-14,17,27,29-33,51-52H,15-16,18-19H2,1-7H3. The molecule has 0 radical (unpaired) electrons. The number of rotatable bonds is 7. The molecule has 2 aliphatic carbocycles. The number of ether oxygens (including phenoxy) is 8. The Morgan fingerprint density at radius 2 is 1.45 bits per heavy atom. The van der Waals surface area contributed by atoms with Crippen LogP contribution < -0.4 is 0 Å². The maximum atomic E-state index is 15.3. The lowest BCUT2D eigenvalue weighted by Crippen LogP contribution is -2.88. The molecule has 11 atom stereocenters. The Labute approximate surface area is 342 Å². The number of aliphatic hydroxyl groups is 2. The van der Waals surface area contributed by atoms with Crippen LogP contribution in [0.1, 0.15) is 81.3 Å². The molecule has 2 aromatic rings. The summed E-state index contributed by atoms with van der Waals surface area (Å²) in [6, 6.07) is 10.1. The molecular weight excluding hydrogens is 794 g/mol. The quantitative estimate of drug-likeness (QED) is 0.290. The molecule has 4 bridgehead atoms. The molecule has 19 heteroatoms. The molecule has 3 heterocycles. The van der Waals surface area contributed by atoms with Crippen molar-refractivity contribution in [3.8, 4) is 0 Å². The van der Waals surface area contributed by atoms with Gasteiger partial charge in [0.25, 0.3) is 0 Å². The van der Waals surface area contributed by atoms with Gasteiger partial charge in [0.05, 0.1) is 22.7 Å². The zero-order valence-corrected chi connectivity index (χ0v) is 33.8. The van der Waals surface area contributed by atoms with Crippen molar-refractivity contribution in [3.63, 3.8) is 0 Å². The lowest BCUT2D eigenvalue weighted by molar-refractivity contribution is -0.376. The maximum absolute atomic E-state index is 15.3. The minimum atomic E-state index is -2.99. The molecule has 11 unspecified atom stereocenters. The van der Waals surface area contributed by atoms with Crippen molar-refractivity contribution in [2.45, 2.75) is 114 Å². The number of esters is 7. The van der Waals surface area contributed by atoms with Crippen LogP contribution in [0.5, 0.6) is 0 Å². The van der Waals surface area contributed by atoms with Crippen LogP contribution in [0.15, 0.2) is 48.7 Å². The van der Waals surface area contributed by atoms with E-state index in [0.717, 1.165) is 41.5 Å². The molecule has 4 aliphatic rings. The number of aromatic nitrogens is 1. The van der Waals surface area contributed by atoms with E-state index < -0.39 is 131 Å². The van der Waals surface area contributed by atoms with Gasteiger partial charge in [0.1, 0.15) is 35.9 Å². The summed E-state index contributed by atoms with van der Waals surface area (Å²) in [5, 5.41) is 25.1. The van der Waals surface area contributed by atoms with E-state index in [2.05, 4.69) is 4.98 Å². The van der Waals surface area contributed by atoms with Gasteiger partial charge in [-0.25, -0.2) is 14.4 Å². The molecule has 2 N–H and O–H groups in total. The van der Waals surface area contributed by atoms with Gasteiger partial charge >= 0.3 is 41.8 Å². The fourth-order valence-electron chi connectivity index (χ4n) is 9.17. The number of pyridine rings is 1. The molecule has 1 saturated heterocycles. The zero-order valence-electron chi connectivity index (χ0n) is 33.8. The summed E-state index contributed by atoms with van der Waals surface area (Å²) in [7, 11) is 0. The third kappa shape index (κ3) is 7.07. The number of nitrogens with zero attached hydrogens (tertiary/aromatic N) is 1. The second-order valence-corrected chi connectivity index (χ2v) is 16.0. The van der Waals surface area contributed by atoms with E-state index in [1.165, 1.54) is 49.5 Å². The van der Waals surface area contributed by atoms with Gasteiger partial charge in [-0.15, -0.1) is 0 Å². The van der Waals surface area contributed by atoms with Crippen LogP contribution in [0.3, 0.4) is 0 Å². The molecule has 1 aromatic carbocycles. The number of ketones is 1. The molecule has 1 aromatic heterocycles. The first-order valence-corrected chi connectivity index (χ1v) is 19.0. The molecule has 1 spiro atoms. The average molecular weight is 840 g/mol. The largest absolute Gasteiger partial charge is 0.465 e. The van der Waals surface area contributed by atoms with Crippen LogP contribution in [-0.4, -0.2) is 129 Å². The lowest BCUT2D eigenvalue weighted by atomic mass is 9.45. The molecule has 3 fully saturated rings. The molecule has 0 amide bonds. The predicted octanol–water partition coefficient (Wildman–Crippen LogP) is 0.909. The summed E-state index contributed by atoms with van der Waals surface area (Å²) in [4.78, 5) is 114. The molecular formula is C41H45NO18. The van der Waals surface area contributed by atoms with E-state index in [9.17, 15) is 43.8 Å². The number of aryl methyl sites for hydroxylation is 1. The Balaban J connectivity index is 1.75. The molecule has 60 heavy (non-hydrogen) atoms. The SMILES string of the molecule is CC(=O)OCC12C(OC(C)=O)C(=O)C3C(OC(C)=O)C14OC3(C)COC(=O)c1cccnc1CCC(C)(O)C(=O)OC(C(OC(=O)c1ccccc1)C2OC(C)=O)C4(C)O. The highest BCUT2D eigenvalue weighted by Gasteiger charge is 2.91. The van der Waals surface area contributed by atoms with E-state index in [1.807, 2.05) is 0 Å². The highest BCUT2D eigenvalue weighted by Crippen LogP contribution is 2.69. The van der Waals surface area contributed by atoms with Crippen molar-refractivity contribution >= 4 is 47.6 Å². The minimum Gasteiger partial charge on any atom is -0.465 e. The van der Waals surface area contributed by atoms with Crippen molar-refractivity contribution < 1.29 is 86.5 Å². The Bertz CT molecular complexity index is 2120. The maximum Gasteiger partial charge on any atom is 0.340 e. The van der Waals surface area contributed by atoms with Crippen LogP contribution in [0.25, 0.3) is 0 Å². The summed E-state index contributed by atoms with van der Waals surface area (Å²) < 4.78 is 47.8. The van der Waals surface area contributed by atoms with Gasteiger partial charge in [0.15, 0.2) is 41.4 Å². The number of hydrogen-bond donors (Lipinski definition) is 2. The van der Waals surface area contributed by atoms with Crippen molar-refractivity contribution in [2.24, 2.45) is 11.3 Å². The second kappa shape index (κ2) is 15.7. The van der Waals surface area contributed by atoms with Gasteiger partial charge in [-0.2, -0.15) is 0 Å². The Morgan fingerprint density at radius 3 is 2.07 bits per heavy atom. The van der Waals surface area contributed by atoms with Gasteiger partial charge in [-0.1, -0.05) is 18.2 Å². The summed E-state index contributed by atoms with van der Waals surface area (Å²) in [6.07, 6.45) is -10.4. The fourth-order valence-corrected chi connectivity index (χ4v) is 9.17. The van der Waals surface area contributed by atoms with Crippen LogP contribution >= 0.6 is 0 Å². The van der Waals surface area contributed by atoms with Crippen LogP contribution in [-0.2, 0) is 73.1 Å². The number of carbonyl (C=O) groups excluding carboxylic acids is 8. The highest BCUT2D eigenvalue weighted by atomic mass is 16.7. The van der Waals surface area contributed by atoms with Crippen molar-refractivity contribution in [1.29, 1.82) is 0 Å². The van der Waals surface area contributed by atoms with Crippen molar-refractivity contribution in [3.05, 3.63) is 65.5 Å². The average Bonchev–Trinajstić information content (AvgIpc) is 3.40. The van der Waals surface area contributed by atoms with E-state index in [4.69, 9.17) is 37.9 Å². The van der Waals surface area contributed by atoms with E-state index in [1.54, 1.807) is 6.07 Å². The number of cyclic esters (lactones) is 1. The number of Topliss-reactive ketones (excluding diaryl/α,β-unsaturated/α-hetero) is 1. The number of benzene rings is 1. The molecule has 2 saturated carbocycles. The first kappa shape index (κ1) is 43.8. The monoisotopic (exact) mass is 839 g/mol. The second-order valence-electron chi connectivity index (χ2n) is 16.0. The highest BCUT2D eigenvalue weighted by molar-refractivity contribution is 5.94. The van der Waals surface area contributed by atoms with E-state index in [0.29, 0.717) is 0 Å². The van der Waals surface area contributed by atoms with Gasteiger partial charge < -0.3 is 48.1 Å². The Morgan fingerprint density at radius 1 is 0.817 bits per heavy atom. The molecule has 322 valence electrons. The zero-order chi connectivity index (χ0) is 44.2. The topological polar surface area (TPSA) is 264 Å². The van der Waals surface area contributed by atoms with Crippen LogP contribution in [0, 0.1) is 11.3 Å². The van der Waals surface area contributed by atoms with Gasteiger partial charge in [-0.3, -0.25) is 29.0 Å². The number of hydrogen-bond acceptors (Lipinski definition) is 19. The number of fused-ring (bicyclic) bond motifs is 5. The normalized spacial score (nSPS) is 35.9. The number of carbonyl (C=O) groups is 8. The van der Waals surface area contributed by atoms with Gasteiger partial charge in [0, 0.05) is 33.9 Å². The van der Waals surface area contributed by atoms with Crippen molar-refractivity contribution in [2.75, 3.05) is 13.2 Å². The lowest BCUT2D eigenvalue weighted by Gasteiger charge is -2.66. The van der Waals surface area contributed by atoms with Gasteiger partial charge in [0.2, 0.25) is 0 Å². The van der Waals surface area contributed by atoms with Crippen LogP contribution in [0.4, 0.5) is 0 Å². The van der Waals surface area contributed by atoms with E-state index >= 15 is 4.79 Å². The smallest absolute Gasteiger partial charge is 0.340 e.